The van der Waals surface area contributed by atoms with Gasteiger partial charge in [0.1, 0.15) is 0 Å². The molecule has 52 heavy (non-hydrogen) atoms. The molecule has 0 radical (unpaired) electrons. The Balaban J connectivity index is 1.07. The highest BCUT2D eigenvalue weighted by Gasteiger charge is 2.23. The van der Waals surface area contributed by atoms with E-state index < -0.39 is 0 Å². The quantitative estimate of drug-likeness (QED) is 0.171. The maximum absolute atomic E-state index is 5.32. The highest BCUT2D eigenvalue weighted by atomic mass is 14.9. The number of nitrogens with zero attached hydrogens (tertiary/aromatic N) is 2. The molecule has 10 rings (SSSR count). The predicted octanol–water partition coefficient (Wildman–Crippen LogP) is 12.9. The standard InChI is InChI=1S/C50H36N2/c1-2-14-34(15-3-1)49-32-39(30-37-26-25-33-13-4-5-18-40(33)42-20-7-6-19-41(37)42)51-50(52-49)38-17-12-16-35(29-38)36-27-28-47-45-23-9-8-21-43(45)44-22-10-11-24-46(44)48(47)31-36/h1-24,27-29,31-32,37H,25-26,30H2. The Kier molecular flexibility index (Phi) is 7.46. The third-order valence-electron chi connectivity index (χ3n) is 11.0. The third kappa shape index (κ3) is 5.36. The van der Waals surface area contributed by atoms with Gasteiger partial charge in [-0.3, -0.25) is 0 Å². The highest BCUT2D eigenvalue weighted by Crippen LogP contribution is 2.41. The summed E-state index contributed by atoms with van der Waals surface area (Å²) in [4.78, 5) is 10.5. The number of hydrogen-bond acceptors (Lipinski definition) is 2. The molecule has 8 aromatic carbocycles. The van der Waals surface area contributed by atoms with E-state index in [9.17, 15) is 0 Å². The Morgan fingerprint density at radius 1 is 0.423 bits per heavy atom. The molecule has 0 saturated carbocycles. The van der Waals surface area contributed by atoms with Crippen LogP contribution in [0.3, 0.4) is 0 Å². The lowest BCUT2D eigenvalue weighted by atomic mass is 9.87. The molecule has 1 unspecified atom stereocenters. The van der Waals surface area contributed by atoms with E-state index in [1.165, 1.54) is 60.1 Å². The topological polar surface area (TPSA) is 25.8 Å². The van der Waals surface area contributed by atoms with Gasteiger partial charge in [0, 0.05) is 16.8 Å². The molecular formula is C50H36N2. The Morgan fingerprint density at radius 3 is 1.81 bits per heavy atom. The van der Waals surface area contributed by atoms with Crippen molar-refractivity contribution in [1.29, 1.82) is 0 Å². The molecule has 0 spiro atoms. The first-order valence-corrected chi connectivity index (χ1v) is 18.3. The summed E-state index contributed by atoms with van der Waals surface area (Å²) in [5.41, 5.74) is 12.0. The fraction of sp³-hybridized carbons (Fsp3) is 0.0800. The second-order valence-corrected chi connectivity index (χ2v) is 14.1. The van der Waals surface area contributed by atoms with Crippen molar-refractivity contribution in [3.05, 3.63) is 193 Å². The second-order valence-electron chi connectivity index (χ2n) is 14.1. The SMILES string of the molecule is c1ccc(-c2cc(CC3CCc4ccccc4-c4ccccc43)nc(-c3cccc(-c4ccc5c6ccccc6c6ccccc6c5c4)c3)n2)cc1. The fourth-order valence-electron chi connectivity index (χ4n) is 8.46. The van der Waals surface area contributed by atoms with Crippen LogP contribution >= 0.6 is 0 Å². The van der Waals surface area contributed by atoms with E-state index in [1.54, 1.807) is 0 Å². The number of aryl methyl sites for hydroxylation is 1. The smallest absolute Gasteiger partial charge is 0.160 e. The maximum atomic E-state index is 5.32. The van der Waals surface area contributed by atoms with E-state index in [0.717, 1.165) is 53.2 Å². The van der Waals surface area contributed by atoms with Crippen LogP contribution in [0.25, 0.3) is 77.2 Å². The van der Waals surface area contributed by atoms with Crippen LogP contribution in [0.4, 0.5) is 0 Å². The zero-order valence-electron chi connectivity index (χ0n) is 28.8. The van der Waals surface area contributed by atoms with Crippen LogP contribution in [0.15, 0.2) is 176 Å². The van der Waals surface area contributed by atoms with E-state index in [4.69, 9.17) is 9.97 Å². The maximum Gasteiger partial charge on any atom is 0.160 e. The summed E-state index contributed by atoms with van der Waals surface area (Å²) >= 11 is 0. The lowest BCUT2D eigenvalue weighted by molar-refractivity contribution is 0.620. The van der Waals surface area contributed by atoms with Crippen molar-refractivity contribution in [2.45, 2.75) is 25.2 Å². The second kappa shape index (κ2) is 12.7. The zero-order chi connectivity index (χ0) is 34.4. The van der Waals surface area contributed by atoms with Crippen molar-refractivity contribution in [2.24, 2.45) is 0 Å². The molecule has 0 bridgehead atoms. The fourth-order valence-corrected chi connectivity index (χ4v) is 8.46. The molecule has 9 aromatic rings. The molecule has 0 amide bonds. The van der Waals surface area contributed by atoms with E-state index >= 15 is 0 Å². The van der Waals surface area contributed by atoms with Crippen LogP contribution in [0.2, 0.25) is 0 Å². The first kappa shape index (κ1) is 30.4. The predicted molar refractivity (Wildman–Crippen MR) is 218 cm³/mol. The van der Waals surface area contributed by atoms with Crippen molar-refractivity contribution < 1.29 is 0 Å². The van der Waals surface area contributed by atoms with E-state index in [2.05, 4.69) is 176 Å². The normalized spacial score (nSPS) is 13.9. The number of benzene rings is 8. The molecule has 1 aliphatic carbocycles. The Morgan fingerprint density at radius 2 is 1.02 bits per heavy atom. The Labute approximate surface area is 304 Å². The van der Waals surface area contributed by atoms with Crippen molar-refractivity contribution in [3.63, 3.8) is 0 Å². The summed E-state index contributed by atoms with van der Waals surface area (Å²) in [6, 6.07) is 63.8. The van der Waals surface area contributed by atoms with Crippen molar-refractivity contribution in [3.8, 4) is 44.9 Å². The van der Waals surface area contributed by atoms with E-state index in [-0.39, 0.29) is 0 Å². The molecule has 0 saturated heterocycles. The molecule has 1 heterocycles. The number of fused-ring (bicyclic) bond motifs is 9. The van der Waals surface area contributed by atoms with Crippen LogP contribution in [0.5, 0.6) is 0 Å². The van der Waals surface area contributed by atoms with Gasteiger partial charge in [-0.1, -0.05) is 158 Å². The van der Waals surface area contributed by atoms with Crippen molar-refractivity contribution in [1.82, 2.24) is 9.97 Å². The first-order chi connectivity index (χ1) is 25.8. The average Bonchev–Trinajstić information content (AvgIpc) is 3.38. The molecule has 0 fully saturated rings. The van der Waals surface area contributed by atoms with Crippen molar-refractivity contribution in [2.75, 3.05) is 0 Å². The summed E-state index contributed by atoms with van der Waals surface area (Å²) in [6.45, 7) is 0. The number of rotatable bonds is 5. The largest absolute Gasteiger partial charge is 0.233 e. The molecule has 1 atom stereocenters. The van der Waals surface area contributed by atoms with E-state index in [1.807, 2.05) is 0 Å². The summed E-state index contributed by atoms with van der Waals surface area (Å²) in [5, 5.41) is 7.70. The summed E-state index contributed by atoms with van der Waals surface area (Å²) in [5.74, 6) is 1.12. The minimum atomic E-state index is 0.352. The van der Waals surface area contributed by atoms with Gasteiger partial charge >= 0.3 is 0 Å². The van der Waals surface area contributed by atoms with Crippen LogP contribution in [0.1, 0.15) is 29.2 Å². The molecule has 0 aliphatic heterocycles. The summed E-state index contributed by atoms with van der Waals surface area (Å²) < 4.78 is 0. The molecule has 1 aromatic heterocycles. The van der Waals surface area contributed by atoms with Crippen molar-refractivity contribution >= 4 is 32.3 Å². The minimum absolute atomic E-state index is 0.352. The van der Waals surface area contributed by atoms with Crippen LogP contribution in [0, 0.1) is 0 Å². The van der Waals surface area contributed by atoms with E-state index in [0.29, 0.717) is 5.92 Å². The van der Waals surface area contributed by atoms with Crippen LogP contribution < -0.4 is 0 Å². The van der Waals surface area contributed by atoms with Gasteiger partial charge < -0.3 is 0 Å². The first-order valence-electron chi connectivity index (χ1n) is 18.3. The molecular weight excluding hydrogens is 629 g/mol. The van der Waals surface area contributed by atoms with Gasteiger partial charge in [-0.05, 0) is 109 Å². The lowest BCUT2D eigenvalue weighted by Gasteiger charge is -2.18. The molecule has 0 N–H and O–H groups in total. The number of hydrogen-bond donors (Lipinski definition) is 0. The average molecular weight is 665 g/mol. The van der Waals surface area contributed by atoms with Gasteiger partial charge in [-0.25, -0.2) is 9.97 Å². The zero-order valence-corrected chi connectivity index (χ0v) is 28.8. The lowest BCUT2D eigenvalue weighted by Crippen LogP contribution is -2.07. The summed E-state index contributed by atoms with van der Waals surface area (Å²) in [6.07, 6.45) is 2.99. The van der Waals surface area contributed by atoms with Gasteiger partial charge in [0.25, 0.3) is 0 Å². The molecule has 1 aliphatic rings. The van der Waals surface area contributed by atoms with Gasteiger partial charge in [0.15, 0.2) is 5.82 Å². The molecule has 246 valence electrons. The Hall–Kier alpha value is -6.38. The summed E-state index contributed by atoms with van der Waals surface area (Å²) in [7, 11) is 0. The monoisotopic (exact) mass is 664 g/mol. The van der Waals surface area contributed by atoms with Gasteiger partial charge in [0.2, 0.25) is 0 Å². The van der Waals surface area contributed by atoms with Gasteiger partial charge in [-0.15, -0.1) is 0 Å². The van der Waals surface area contributed by atoms with Gasteiger partial charge in [-0.2, -0.15) is 0 Å². The third-order valence-corrected chi connectivity index (χ3v) is 11.0. The number of aromatic nitrogens is 2. The van der Waals surface area contributed by atoms with Crippen LogP contribution in [-0.4, -0.2) is 9.97 Å². The molecule has 2 heteroatoms. The minimum Gasteiger partial charge on any atom is -0.233 e. The van der Waals surface area contributed by atoms with Gasteiger partial charge in [0.05, 0.1) is 5.69 Å². The molecule has 2 nitrogen and oxygen atoms in total. The van der Waals surface area contributed by atoms with Crippen LogP contribution in [-0.2, 0) is 12.8 Å². The highest BCUT2D eigenvalue weighted by molar-refractivity contribution is 6.25. The Bertz CT molecular complexity index is 2750.